The minimum absolute atomic E-state index is 0.151. The zero-order chi connectivity index (χ0) is 24.5. The van der Waals surface area contributed by atoms with Gasteiger partial charge in [-0.25, -0.2) is 9.97 Å². The lowest BCUT2D eigenvalue weighted by atomic mass is 9.87. The monoisotopic (exact) mass is 459 g/mol. The number of hydrogen-bond acceptors (Lipinski definition) is 6. The molecule has 0 radical (unpaired) electrons. The van der Waals surface area contributed by atoms with Crippen molar-refractivity contribution in [1.29, 1.82) is 0 Å². The molecule has 0 aliphatic heterocycles. The molecule has 0 amide bonds. The molecule has 6 nitrogen and oxygen atoms in total. The van der Waals surface area contributed by atoms with Crippen LogP contribution < -0.4 is 5.32 Å². The molecule has 1 aromatic carbocycles. The van der Waals surface area contributed by atoms with E-state index in [9.17, 15) is 5.11 Å². The number of nitrogens with zero attached hydrogens (tertiary/aromatic N) is 4. The van der Waals surface area contributed by atoms with Gasteiger partial charge in [-0.2, -0.15) is 0 Å². The summed E-state index contributed by atoms with van der Waals surface area (Å²) in [5, 5.41) is 13.4. The van der Waals surface area contributed by atoms with Crippen molar-refractivity contribution in [2.24, 2.45) is 10.9 Å². The third kappa shape index (κ3) is 6.64. The highest BCUT2D eigenvalue weighted by atomic mass is 16.3. The average molecular weight is 460 g/mol. The molecule has 3 rings (SSSR count). The van der Waals surface area contributed by atoms with E-state index in [0.717, 1.165) is 65.9 Å². The lowest BCUT2D eigenvalue weighted by Gasteiger charge is -2.26. The van der Waals surface area contributed by atoms with Crippen molar-refractivity contribution >= 4 is 23.2 Å². The van der Waals surface area contributed by atoms with E-state index < -0.39 is 0 Å². The van der Waals surface area contributed by atoms with Crippen LogP contribution in [0.15, 0.2) is 60.4 Å². The Morgan fingerprint density at radius 2 is 2.00 bits per heavy atom. The fourth-order valence-electron chi connectivity index (χ4n) is 4.26. The molecule has 1 aromatic heterocycles. The quantitative estimate of drug-likeness (QED) is 0.393. The Morgan fingerprint density at radius 3 is 2.65 bits per heavy atom. The van der Waals surface area contributed by atoms with Crippen molar-refractivity contribution in [2.45, 2.75) is 38.7 Å². The van der Waals surface area contributed by atoms with Gasteiger partial charge in [-0.15, -0.1) is 0 Å². The molecule has 2 N–H and O–H groups in total. The molecule has 1 fully saturated rings. The van der Waals surface area contributed by atoms with Gasteiger partial charge in [0.05, 0.1) is 6.10 Å². The largest absolute Gasteiger partial charge is 0.393 e. The van der Waals surface area contributed by atoms with Gasteiger partial charge in [0.2, 0.25) is 0 Å². The van der Waals surface area contributed by atoms with Crippen LogP contribution >= 0.6 is 0 Å². The third-order valence-corrected chi connectivity index (χ3v) is 6.12. The second kappa shape index (κ2) is 12.3. The van der Waals surface area contributed by atoms with Crippen LogP contribution in [0.4, 0.5) is 5.82 Å². The molecule has 1 aliphatic rings. The highest BCUT2D eigenvalue weighted by Crippen LogP contribution is 2.29. The second-order valence-corrected chi connectivity index (χ2v) is 8.98. The topological polar surface area (TPSA) is 73.6 Å². The van der Waals surface area contributed by atoms with Crippen molar-refractivity contribution in [3.63, 3.8) is 0 Å². The molecule has 180 valence electrons. The van der Waals surface area contributed by atoms with Crippen LogP contribution in [0, 0.1) is 5.92 Å². The first-order chi connectivity index (χ1) is 16.4. The summed E-state index contributed by atoms with van der Waals surface area (Å²) in [6.45, 7) is 6.78. The van der Waals surface area contributed by atoms with E-state index in [-0.39, 0.29) is 6.10 Å². The summed E-state index contributed by atoms with van der Waals surface area (Å²) >= 11 is 0. The minimum Gasteiger partial charge on any atom is -0.393 e. The van der Waals surface area contributed by atoms with Crippen LogP contribution in [-0.4, -0.2) is 60.0 Å². The van der Waals surface area contributed by atoms with Crippen LogP contribution in [0.25, 0.3) is 22.5 Å². The van der Waals surface area contributed by atoms with Gasteiger partial charge in [0.15, 0.2) is 5.82 Å². The van der Waals surface area contributed by atoms with Crippen LogP contribution in [-0.2, 0) is 0 Å². The molecule has 0 bridgehead atoms. The van der Waals surface area contributed by atoms with E-state index in [1.54, 1.807) is 7.05 Å². The lowest BCUT2D eigenvalue weighted by molar-refractivity contribution is 0.111. The Hall–Kier alpha value is -3.25. The number of rotatable bonds is 9. The summed E-state index contributed by atoms with van der Waals surface area (Å²) in [4.78, 5) is 15.9. The van der Waals surface area contributed by atoms with E-state index in [1.165, 1.54) is 0 Å². The number of benzene rings is 1. The van der Waals surface area contributed by atoms with Gasteiger partial charge in [-0.1, -0.05) is 36.9 Å². The lowest BCUT2D eigenvalue weighted by Crippen LogP contribution is -2.24. The van der Waals surface area contributed by atoms with Gasteiger partial charge in [0.25, 0.3) is 0 Å². The number of allylic oxidation sites excluding steroid dienone is 4. The Morgan fingerprint density at radius 1 is 1.24 bits per heavy atom. The Balaban J connectivity index is 1.95. The van der Waals surface area contributed by atoms with Crippen molar-refractivity contribution in [3.8, 4) is 11.4 Å². The molecule has 2 aromatic rings. The first-order valence-electron chi connectivity index (χ1n) is 11.9. The normalized spacial score (nSPS) is 19.3. The van der Waals surface area contributed by atoms with E-state index in [0.29, 0.717) is 11.7 Å². The Kier molecular flexibility index (Phi) is 9.16. The van der Waals surface area contributed by atoms with Crippen LogP contribution in [0.3, 0.4) is 0 Å². The van der Waals surface area contributed by atoms with E-state index in [2.05, 4.69) is 29.0 Å². The van der Waals surface area contributed by atoms with Gasteiger partial charge in [-0.3, -0.25) is 4.99 Å². The van der Waals surface area contributed by atoms with Gasteiger partial charge < -0.3 is 15.3 Å². The standard InChI is InChI=1S/C28H37N5O/c1-6-21(17-29-3)26-18-31-27(32-28(26)30-16-20-11-13-25(34)14-12-20)24-10-8-9-23(15-24)22(7-2)19-33(4)5/h6-10,15,17-20,25,34H,2,11-14,16H2,1,3-5H3,(H,30,31,32)/b21-6+,22-19+,29-17?. The number of nitrogens with one attached hydrogen (secondary N) is 1. The molecule has 0 unspecified atom stereocenters. The fraction of sp³-hybridized carbons (Fsp3) is 0.393. The number of aliphatic hydroxyl groups excluding tert-OH is 1. The van der Waals surface area contributed by atoms with E-state index >= 15 is 0 Å². The molecule has 34 heavy (non-hydrogen) atoms. The molecule has 1 heterocycles. The zero-order valence-electron chi connectivity index (χ0n) is 20.8. The molecule has 1 saturated carbocycles. The van der Waals surface area contributed by atoms with Crippen molar-refractivity contribution in [1.82, 2.24) is 14.9 Å². The summed E-state index contributed by atoms with van der Waals surface area (Å²) in [7, 11) is 5.76. The van der Waals surface area contributed by atoms with Crippen LogP contribution in [0.1, 0.15) is 43.7 Å². The maximum Gasteiger partial charge on any atom is 0.161 e. The Labute approximate surface area is 203 Å². The van der Waals surface area contributed by atoms with Crippen molar-refractivity contribution < 1.29 is 5.11 Å². The van der Waals surface area contributed by atoms with Crippen LogP contribution in [0.5, 0.6) is 0 Å². The number of aliphatic imine (C=N–C) groups is 1. The SMILES string of the molecule is C=C/C(=C\N(C)C)c1cccc(-c2ncc(/C(C=NC)=C/C)c(NCC3CCC(O)CC3)n2)c1. The van der Waals surface area contributed by atoms with Gasteiger partial charge >= 0.3 is 0 Å². The summed E-state index contributed by atoms with van der Waals surface area (Å²) in [5.41, 5.74) is 4.97. The first-order valence-corrected chi connectivity index (χ1v) is 11.9. The smallest absolute Gasteiger partial charge is 0.161 e. The van der Waals surface area contributed by atoms with Gasteiger partial charge in [-0.05, 0) is 55.7 Å². The Bertz CT molecular complexity index is 1060. The highest BCUT2D eigenvalue weighted by Gasteiger charge is 2.20. The minimum atomic E-state index is -0.151. The highest BCUT2D eigenvalue weighted by molar-refractivity contribution is 6.11. The first kappa shape index (κ1) is 25.4. The summed E-state index contributed by atoms with van der Waals surface area (Å²) in [6, 6.07) is 8.23. The predicted molar refractivity (Wildman–Crippen MR) is 144 cm³/mol. The van der Waals surface area contributed by atoms with E-state index in [1.807, 2.05) is 68.8 Å². The molecular formula is C28H37N5O. The van der Waals surface area contributed by atoms with Crippen LogP contribution in [0.2, 0.25) is 0 Å². The number of aliphatic hydroxyl groups is 1. The summed E-state index contributed by atoms with van der Waals surface area (Å²) < 4.78 is 0. The molecule has 0 atom stereocenters. The van der Waals surface area contributed by atoms with Crippen molar-refractivity contribution in [2.75, 3.05) is 33.0 Å². The number of anilines is 1. The maximum atomic E-state index is 9.83. The number of hydrogen-bond donors (Lipinski definition) is 2. The molecular weight excluding hydrogens is 422 g/mol. The molecule has 6 heteroatoms. The zero-order valence-corrected chi connectivity index (χ0v) is 20.8. The maximum absolute atomic E-state index is 9.83. The second-order valence-electron chi connectivity index (χ2n) is 8.98. The van der Waals surface area contributed by atoms with Gasteiger partial charge in [0, 0.05) is 63.0 Å². The predicted octanol–water partition coefficient (Wildman–Crippen LogP) is 5.30. The van der Waals surface area contributed by atoms with E-state index in [4.69, 9.17) is 9.97 Å². The fourth-order valence-corrected chi connectivity index (χ4v) is 4.26. The molecule has 0 spiro atoms. The average Bonchev–Trinajstić information content (AvgIpc) is 2.85. The number of aromatic nitrogens is 2. The molecule has 0 saturated heterocycles. The molecule has 1 aliphatic carbocycles. The summed E-state index contributed by atoms with van der Waals surface area (Å²) in [6.07, 6.45) is 13.3. The van der Waals surface area contributed by atoms with Crippen molar-refractivity contribution in [3.05, 3.63) is 66.5 Å². The third-order valence-electron chi connectivity index (χ3n) is 6.12. The summed E-state index contributed by atoms with van der Waals surface area (Å²) in [5.74, 6) is 2.00. The van der Waals surface area contributed by atoms with Gasteiger partial charge in [0.1, 0.15) is 5.82 Å².